The third-order valence-electron chi connectivity index (χ3n) is 2.03. The van der Waals surface area contributed by atoms with E-state index in [0.29, 0.717) is 5.69 Å². The molecule has 0 aliphatic rings. The van der Waals surface area contributed by atoms with Crippen molar-refractivity contribution in [3.05, 3.63) is 41.7 Å². The standard InChI is InChI=1S/C9H9ClN4O2S/c10-8-1-2-11-5-9(8)17(15,16)14-4-7-3-12-6-13-7/h1-3,5-6,14H,4H2,(H,12,13). The van der Waals surface area contributed by atoms with E-state index in [1.54, 1.807) is 0 Å². The summed E-state index contributed by atoms with van der Waals surface area (Å²) in [7, 11) is -3.66. The van der Waals surface area contributed by atoms with Gasteiger partial charge in [-0.1, -0.05) is 11.6 Å². The van der Waals surface area contributed by atoms with Crippen molar-refractivity contribution in [3.8, 4) is 0 Å². The predicted octanol–water partition coefficient (Wildman–Crippen LogP) is 0.937. The first-order chi connectivity index (χ1) is 8.09. The normalized spacial score (nSPS) is 11.6. The molecule has 17 heavy (non-hydrogen) atoms. The first kappa shape index (κ1) is 12.0. The van der Waals surface area contributed by atoms with Gasteiger partial charge in [0.1, 0.15) is 4.90 Å². The van der Waals surface area contributed by atoms with Crippen LogP contribution in [0.2, 0.25) is 5.02 Å². The van der Waals surface area contributed by atoms with E-state index < -0.39 is 10.0 Å². The number of nitrogens with zero attached hydrogens (tertiary/aromatic N) is 2. The zero-order chi connectivity index (χ0) is 12.3. The van der Waals surface area contributed by atoms with Gasteiger partial charge in [0.25, 0.3) is 0 Å². The number of aromatic nitrogens is 3. The quantitative estimate of drug-likeness (QED) is 0.867. The van der Waals surface area contributed by atoms with Crippen molar-refractivity contribution in [3.63, 3.8) is 0 Å². The second-order valence-electron chi connectivity index (χ2n) is 3.21. The molecule has 2 aromatic heterocycles. The molecule has 0 unspecified atom stereocenters. The van der Waals surface area contributed by atoms with Crippen LogP contribution < -0.4 is 4.72 Å². The average Bonchev–Trinajstić information content (AvgIpc) is 2.80. The van der Waals surface area contributed by atoms with Gasteiger partial charge in [-0.05, 0) is 6.07 Å². The van der Waals surface area contributed by atoms with Crippen LogP contribution in [0.3, 0.4) is 0 Å². The van der Waals surface area contributed by atoms with E-state index in [1.807, 2.05) is 0 Å². The maximum absolute atomic E-state index is 11.9. The molecule has 0 aliphatic carbocycles. The lowest BCUT2D eigenvalue weighted by atomic mass is 10.5. The third kappa shape index (κ3) is 2.82. The van der Waals surface area contributed by atoms with Gasteiger partial charge in [-0.25, -0.2) is 18.1 Å². The molecular weight excluding hydrogens is 264 g/mol. The van der Waals surface area contributed by atoms with Gasteiger partial charge in [0.15, 0.2) is 0 Å². The first-order valence-corrected chi connectivity index (χ1v) is 6.52. The van der Waals surface area contributed by atoms with Crippen molar-refractivity contribution in [1.82, 2.24) is 19.7 Å². The van der Waals surface area contributed by atoms with E-state index >= 15 is 0 Å². The summed E-state index contributed by atoms with van der Waals surface area (Å²) in [6.45, 7) is 0.119. The Bertz CT molecular complexity index is 597. The van der Waals surface area contributed by atoms with Crippen LogP contribution in [-0.2, 0) is 16.6 Å². The molecule has 2 rings (SSSR count). The molecule has 0 radical (unpaired) electrons. The first-order valence-electron chi connectivity index (χ1n) is 4.66. The molecule has 0 saturated carbocycles. The fraction of sp³-hybridized carbons (Fsp3) is 0.111. The molecule has 2 aromatic rings. The van der Waals surface area contributed by atoms with Gasteiger partial charge in [-0.3, -0.25) is 4.98 Å². The second kappa shape index (κ2) is 4.82. The molecule has 0 spiro atoms. The molecule has 2 N–H and O–H groups in total. The molecule has 8 heteroatoms. The summed E-state index contributed by atoms with van der Waals surface area (Å²) in [4.78, 5) is 10.3. The molecule has 0 amide bonds. The van der Waals surface area contributed by atoms with Crippen LogP contribution in [0, 0.1) is 0 Å². The van der Waals surface area contributed by atoms with Crippen molar-refractivity contribution >= 4 is 21.6 Å². The van der Waals surface area contributed by atoms with Crippen LogP contribution in [0.1, 0.15) is 5.69 Å². The summed E-state index contributed by atoms with van der Waals surface area (Å²) >= 11 is 5.79. The Balaban J connectivity index is 2.17. The maximum Gasteiger partial charge on any atom is 0.243 e. The SMILES string of the molecule is O=S(=O)(NCc1cnc[nH]1)c1cnccc1Cl. The minimum absolute atomic E-state index is 0.0406. The Morgan fingerprint density at radius 2 is 2.18 bits per heavy atom. The topological polar surface area (TPSA) is 87.7 Å². The number of imidazole rings is 1. The van der Waals surface area contributed by atoms with Crippen molar-refractivity contribution in [1.29, 1.82) is 0 Å². The summed E-state index contributed by atoms with van der Waals surface area (Å²) in [6.07, 6.45) is 5.64. The van der Waals surface area contributed by atoms with Crippen LogP contribution in [-0.4, -0.2) is 23.4 Å². The molecule has 0 saturated heterocycles. The van der Waals surface area contributed by atoms with Crippen LogP contribution in [0.25, 0.3) is 0 Å². The zero-order valence-electron chi connectivity index (χ0n) is 8.59. The number of halogens is 1. The van der Waals surface area contributed by atoms with Gasteiger partial charge in [0, 0.05) is 24.3 Å². The van der Waals surface area contributed by atoms with Crippen molar-refractivity contribution in [2.75, 3.05) is 0 Å². The molecule has 0 bridgehead atoms. The second-order valence-corrected chi connectivity index (χ2v) is 5.35. The highest BCUT2D eigenvalue weighted by Crippen LogP contribution is 2.18. The predicted molar refractivity (Wildman–Crippen MR) is 61.9 cm³/mol. The monoisotopic (exact) mass is 272 g/mol. The van der Waals surface area contributed by atoms with E-state index in [4.69, 9.17) is 11.6 Å². The van der Waals surface area contributed by atoms with Crippen LogP contribution in [0.15, 0.2) is 35.9 Å². The largest absolute Gasteiger partial charge is 0.347 e. The Kier molecular flexibility index (Phi) is 3.41. The molecule has 2 heterocycles. The number of sulfonamides is 1. The fourth-order valence-electron chi connectivity index (χ4n) is 1.19. The smallest absolute Gasteiger partial charge is 0.243 e. The summed E-state index contributed by atoms with van der Waals surface area (Å²) < 4.78 is 26.2. The molecule has 0 aliphatic heterocycles. The lowest BCUT2D eigenvalue weighted by Gasteiger charge is -2.06. The number of hydrogen-bond donors (Lipinski definition) is 2. The van der Waals surface area contributed by atoms with Gasteiger partial charge in [0.05, 0.1) is 17.9 Å². The Morgan fingerprint density at radius 3 is 2.82 bits per heavy atom. The molecule has 0 fully saturated rings. The minimum atomic E-state index is -3.66. The fourth-order valence-corrected chi connectivity index (χ4v) is 2.63. The number of aromatic amines is 1. The summed E-state index contributed by atoms with van der Waals surface area (Å²) in [5, 5.41) is 0.136. The van der Waals surface area contributed by atoms with Gasteiger partial charge < -0.3 is 4.98 Å². The van der Waals surface area contributed by atoms with Gasteiger partial charge in [-0.15, -0.1) is 0 Å². The summed E-state index contributed by atoms with van der Waals surface area (Å²) in [5.74, 6) is 0. The van der Waals surface area contributed by atoms with E-state index in [1.165, 1.54) is 31.0 Å². The maximum atomic E-state index is 11.9. The van der Waals surface area contributed by atoms with Crippen LogP contribution in [0.4, 0.5) is 0 Å². The molecule has 0 aromatic carbocycles. The molecular formula is C9H9ClN4O2S. The van der Waals surface area contributed by atoms with Gasteiger partial charge in [-0.2, -0.15) is 0 Å². The van der Waals surface area contributed by atoms with Gasteiger partial charge >= 0.3 is 0 Å². The van der Waals surface area contributed by atoms with Crippen molar-refractivity contribution in [2.45, 2.75) is 11.4 Å². The Morgan fingerprint density at radius 1 is 1.35 bits per heavy atom. The lowest BCUT2D eigenvalue weighted by Crippen LogP contribution is -2.23. The van der Waals surface area contributed by atoms with Crippen LogP contribution >= 0.6 is 11.6 Å². The van der Waals surface area contributed by atoms with E-state index in [9.17, 15) is 8.42 Å². The summed E-state index contributed by atoms with van der Waals surface area (Å²) in [5.41, 5.74) is 0.661. The summed E-state index contributed by atoms with van der Waals surface area (Å²) in [6, 6.07) is 1.42. The number of pyridine rings is 1. The van der Waals surface area contributed by atoms with Crippen molar-refractivity contribution in [2.24, 2.45) is 0 Å². The molecule has 6 nitrogen and oxygen atoms in total. The lowest BCUT2D eigenvalue weighted by molar-refractivity contribution is 0.580. The molecule has 0 atom stereocenters. The van der Waals surface area contributed by atoms with Gasteiger partial charge in [0.2, 0.25) is 10.0 Å². The average molecular weight is 273 g/mol. The molecule has 90 valence electrons. The Labute approximate surface area is 103 Å². The highest BCUT2D eigenvalue weighted by atomic mass is 35.5. The van der Waals surface area contributed by atoms with E-state index in [2.05, 4.69) is 19.7 Å². The zero-order valence-corrected chi connectivity index (χ0v) is 10.2. The van der Waals surface area contributed by atoms with Crippen LogP contribution in [0.5, 0.6) is 0 Å². The third-order valence-corrected chi connectivity index (χ3v) is 3.90. The van der Waals surface area contributed by atoms with E-state index in [-0.39, 0.29) is 16.5 Å². The van der Waals surface area contributed by atoms with E-state index in [0.717, 1.165) is 0 Å². The van der Waals surface area contributed by atoms with Crippen molar-refractivity contribution < 1.29 is 8.42 Å². The highest BCUT2D eigenvalue weighted by molar-refractivity contribution is 7.89. The number of nitrogens with one attached hydrogen (secondary N) is 2. The number of hydrogen-bond acceptors (Lipinski definition) is 4. The minimum Gasteiger partial charge on any atom is -0.347 e. The Hall–Kier alpha value is -1.44. The number of rotatable bonds is 4. The highest BCUT2D eigenvalue weighted by Gasteiger charge is 2.17. The number of H-pyrrole nitrogens is 1.